The number of anilines is 1. The maximum absolute atomic E-state index is 11.5. The number of azo groups is 1. The van der Waals surface area contributed by atoms with Gasteiger partial charge in [0.1, 0.15) is 10.6 Å². The predicted octanol–water partition coefficient (Wildman–Crippen LogP) is 3.55. The number of hydrogen-bond acceptors (Lipinski definition) is 5. The van der Waals surface area contributed by atoms with Gasteiger partial charge in [0.15, 0.2) is 0 Å². The van der Waals surface area contributed by atoms with Crippen LogP contribution < -0.4 is 5.73 Å². The molecule has 0 aliphatic rings. The highest BCUT2D eigenvalue weighted by Gasteiger charge is 2.18. The van der Waals surface area contributed by atoms with E-state index < -0.39 is 10.1 Å². The lowest BCUT2D eigenvalue weighted by molar-refractivity contribution is 0.483. The molecule has 2 aromatic rings. The van der Waals surface area contributed by atoms with E-state index in [0.29, 0.717) is 22.5 Å². The van der Waals surface area contributed by atoms with Gasteiger partial charge in [0.05, 0.1) is 5.69 Å². The highest BCUT2D eigenvalue weighted by Crippen LogP contribution is 2.31. The van der Waals surface area contributed by atoms with Gasteiger partial charge >= 0.3 is 0 Å². The van der Waals surface area contributed by atoms with E-state index in [1.165, 1.54) is 6.07 Å². The van der Waals surface area contributed by atoms with E-state index in [1.54, 1.807) is 44.2 Å². The third-order valence-electron chi connectivity index (χ3n) is 2.85. The van der Waals surface area contributed by atoms with Crippen molar-refractivity contribution in [3.05, 3.63) is 47.5 Å². The zero-order chi connectivity index (χ0) is 15.6. The standard InChI is InChI=1S/C14H15N3O3S/c1-9-7-10(2)14(13(8-9)21(18,19)20)17-16-12-5-3-11(15)4-6-12/h3-8H,15H2,1-2H3,(H,18,19,20). The average molecular weight is 305 g/mol. The monoisotopic (exact) mass is 305 g/mol. The first-order chi connectivity index (χ1) is 9.77. The van der Waals surface area contributed by atoms with Crippen LogP contribution in [0.15, 0.2) is 51.5 Å². The molecule has 0 saturated heterocycles. The summed E-state index contributed by atoms with van der Waals surface area (Å²) in [7, 11) is -4.36. The maximum atomic E-state index is 11.5. The summed E-state index contributed by atoms with van der Waals surface area (Å²) in [6, 6.07) is 9.79. The topological polar surface area (TPSA) is 105 Å². The molecule has 6 nitrogen and oxygen atoms in total. The van der Waals surface area contributed by atoms with Crippen molar-refractivity contribution in [2.75, 3.05) is 5.73 Å². The van der Waals surface area contributed by atoms with Crippen molar-refractivity contribution in [2.45, 2.75) is 18.7 Å². The first-order valence-electron chi connectivity index (χ1n) is 6.13. The second-order valence-corrected chi connectivity index (χ2v) is 6.09. The van der Waals surface area contributed by atoms with Crippen molar-refractivity contribution in [3.63, 3.8) is 0 Å². The van der Waals surface area contributed by atoms with Gasteiger partial charge in [0, 0.05) is 5.69 Å². The molecule has 0 heterocycles. The van der Waals surface area contributed by atoms with E-state index in [0.717, 1.165) is 0 Å². The molecule has 0 radical (unpaired) electrons. The van der Waals surface area contributed by atoms with Gasteiger partial charge in [0.25, 0.3) is 10.1 Å². The molecule has 0 amide bonds. The quantitative estimate of drug-likeness (QED) is 0.514. The average Bonchev–Trinajstić information content (AvgIpc) is 2.38. The molecule has 7 heteroatoms. The predicted molar refractivity (Wildman–Crippen MR) is 80.8 cm³/mol. The van der Waals surface area contributed by atoms with E-state index in [2.05, 4.69) is 10.2 Å². The summed E-state index contributed by atoms with van der Waals surface area (Å²) in [5.41, 5.74) is 8.15. The molecule has 2 aromatic carbocycles. The second-order valence-electron chi connectivity index (χ2n) is 4.70. The highest BCUT2D eigenvalue weighted by atomic mass is 32.2. The molecule has 0 atom stereocenters. The molecule has 0 saturated carbocycles. The Bertz CT molecular complexity index is 797. The van der Waals surface area contributed by atoms with Crippen molar-refractivity contribution in [1.29, 1.82) is 0 Å². The summed E-state index contributed by atoms with van der Waals surface area (Å²) in [5, 5.41) is 7.93. The zero-order valence-electron chi connectivity index (χ0n) is 11.6. The summed E-state index contributed by atoms with van der Waals surface area (Å²) in [4.78, 5) is -0.251. The Morgan fingerprint density at radius 1 is 1.05 bits per heavy atom. The summed E-state index contributed by atoms with van der Waals surface area (Å²) in [5.74, 6) is 0. The SMILES string of the molecule is Cc1cc(C)c(N=Nc2ccc(N)cc2)c(S(=O)(=O)O)c1. The number of rotatable bonds is 3. The second kappa shape index (κ2) is 5.63. The van der Waals surface area contributed by atoms with Crippen LogP contribution in [0.25, 0.3) is 0 Å². The maximum Gasteiger partial charge on any atom is 0.296 e. The molecule has 0 aliphatic carbocycles. The summed E-state index contributed by atoms with van der Waals surface area (Å²) in [6.07, 6.45) is 0. The minimum Gasteiger partial charge on any atom is -0.399 e. The number of nitrogens with two attached hydrogens (primary N) is 1. The molecule has 0 bridgehead atoms. The van der Waals surface area contributed by atoms with Gasteiger partial charge in [-0.2, -0.15) is 13.5 Å². The van der Waals surface area contributed by atoms with Crippen molar-refractivity contribution in [2.24, 2.45) is 10.2 Å². The Morgan fingerprint density at radius 3 is 2.24 bits per heavy atom. The third kappa shape index (κ3) is 3.65. The van der Waals surface area contributed by atoms with Gasteiger partial charge < -0.3 is 5.73 Å². The van der Waals surface area contributed by atoms with Gasteiger partial charge in [-0.25, -0.2) is 0 Å². The summed E-state index contributed by atoms with van der Waals surface area (Å²) in [6.45, 7) is 3.45. The number of aryl methyl sites for hydroxylation is 2. The summed E-state index contributed by atoms with van der Waals surface area (Å²) >= 11 is 0. The van der Waals surface area contributed by atoms with Crippen molar-refractivity contribution < 1.29 is 13.0 Å². The molecule has 3 N–H and O–H groups in total. The lowest BCUT2D eigenvalue weighted by Crippen LogP contribution is -2.00. The van der Waals surface area contributed by atoms with Crippen LogP contribution in [0.3, 0.4) is 0 Å². The van der Waals surface area contributed by atoms with E-state index in [9.17, 15) is 13.0 Å². The van der Waals surface area contributed by atoms with Crippen LogP contribution in [0.4, 0.5) is 17.1 Å². The Balaban J connectivity index is 2.51. The Kier molecular flexibility index (Phi) is 4.06. The Morgan fingerprint density at radius 2 is 1.67 bits per heavy atom. The smallest absolute Gasteiger partial charge is 0.296 e. The van der Waals surface area contributed by atoms with E-state index in [1.807, 2.05) is 0 Å². The van der Waals surface area contributed by atoms with Crippen molar-refractivity contribution in [3.8, 4) is 0 Å². The van der Waals surface area contributed by atoms with Gasteiger partial charge in [-0.15, -0.1) is 5.11 Å². The number of nitrogens with zero attached hydrogens (tertiary/aromatic N) is 2. The molecular weight excluding hydrogens is 290 g/mol. The van der Waals surface area contributed by atoms with Crippen molar-refractivity contribution in [1.82, 2.24) is 0 Å². The van der Waals surface area contributed by atoms with Gasteiger partial charge in [-0.05, 0) is 55.3 Å². The van der Waals surface area contributed by atoms with Crippen LogP contribution >= 0.6 is 0 Å². The molecule has 110 valence electrons. The van der Waals surface area contributed by atoms with Crippen LogP contribution in [-0.4, -0.2) is 13.0 Å². The molecule has 0 aliphatic heterocycles. The molecule has 0 spiro atoms. The fourth-order valence-corrected chi connectivity index (χ4v) is 2.68. The van der Waals surface area contributed by atoms with Crippen LogP contribution in [-0.2, 0) is 10.1 Å². The van der Waals surface area contributed by atoms with Crippen LogP contribution in [0, 0.1) is 13.8 Å². The third-order valence-corrected chi connectivity index (χ3v) is 3.71. The minimum absolute atomic E-state index is 0.125. The molecule has 21 heavy (non-hydrogen) atoms. The molecule has 0 aromatic heterocycles. The number of benzene rings is 2. The van der Waals surface area contributed by atoms with Crippen LogP contribution in [0.1, 0.15) is 11.1 Å². The zero-order valence-corrected chi connectivity index (χ0v) is 12.4. The largest absolute Gasteiger partial charge is 0.399 e. The van der Waals surface area contributed by atoms with Gasteiger partial charge in [-0.3, -0.25) is 4.55 Å². The van der Waals surface area contributed by atoms with E-state index in [-0.39, 0.29) is 10.6 Å². The van der Waals surface area contributed by atoms with Crippen LogP contribution in [0.2, 0.25) is 0 Å². The number of hydrogen-bond donors (Lipinski definition) is 2. The normalized spacial score (nSPS) is 12.0. The van der Waals surface area contributed by atoms with E-state index in [4.69, 9.17) is 5.73 Å². The lowest BCUT2D eigenvalue weighted by atomic mass is 10.1. The first-order valence-corrected chi connectivity index (χ1v) is 7.57. The minimum atomic E-state index is -4.36. The summed E-state index contributed by atoms with van der Waals surface area (Å²) < 4.78 is 32.2. The van der Waals surface area contributed by atoms with Crippen molar-refractivity contribution >= 4 is 27.2 Å². The Hall–Kier alpha value is -2.25. The number of nitrogen functional groups attached to an aromatic ring is 1. The van der Waals surface area contributed by atoms with Gasteiger partial charge in [-0.1, -0.05) is 6.07 Å². The molecule has 0 unspecified atom stereocenters. The Labute approximate surface area is 123 Å². The fourth-order valence-electron chi connectivity index (χ4n) is 1.89. The van der Waals surface area contributed by atoms with Gasteiger partial charge in [0.2, 0.25) is 0 Å². The van der Waals surface area contributed by atoms with Crippen LogP contribution in [0.5, 0.6) is 0 Å². The highest BCUT2D eigenvalue weighted by molar-refractivity contribution is 7.86. The molecule has 0 fully saturated rings. The molecular formula is C14H15N3O3S. The lowest BCUT2D eigenvalue weighted by Gasteiger charge is -2.07. The van der Waals surface area contributed by atoms with E-state index >= 15 is 0 Å². The molecule has 2 rings (SSSR count). The fraction of sp³-hybridized carbons (Fsp3) is 0.143. The first kappa shape index (κ1) is 15.1.